The Kier molecular flexibility index (Phi) is 4.61. The molecule has 0 heterocycles. The second-order valence-corrected chi connectivity index (χ2v) is 5.27. The lowest BCUT2D eigenvalue weighted by Crippen LogP contribution is -2.07. The van der Waals surface area contributed by atoms with Crippen molar-refractivity contribution in [3.63, 3.8) is 0 Å². The molecular weight excluding hydrogens is 278 g/mol. The first kappa shape index (κ1) is 15.8. The lowest BCUT2D eigenvalue weighted by Gasteiger charge is -2.12. The average molecular weight is 297 g/mol. The number of anilines is 1. The van der Waals surface area contributed by atoms with Gasteiger partial charge in [0.1, 0.15) is 0 Å². The summed E-state index contributed by atoms with van der Waals surface area (Å²) in [6.45, 7) is 5.78. The van der Waals surface area contributed by atoms with Crippen LogP contribution in [0, 0.1) is 13.8 Å². The van der Waals surface area contributed by atoms with Gasteiger partial charge in [0, 0.05) is 17.7 Å². The Morgan fingerprint density at radius 3 is 2.32 bits per heavy atom. The van der Waals surface area contributed by atoms with Gasteiger partial charge in [-0.05, 0) is 54.3 Å². The summed E-state index contributed by atoms with van der Waals surface area (Å²) in [6, 6.07) is 11.1. The maximum absolute atomic E-state index is 11.8. The number of carbonyl (C=O) groups excluding carboxylic acids is 1. The maximum Gasteiger partial charge on any atom is 0.409 e. The molecule has 0 saturated carbocycles. The maximum atomic E-state index is 11.8. The van der Waals surface area contributed by atoms with Gasteiger partial charge in [-0.25, -0.2) is 4.79 Å². The summed E-state index contributed by atoms with van der Waals surface area (Å²) in [5, 5.41) is 11.2. The number of hydrogen-bond acceptors (Lipinski definition) is 2. The van der Waals surface area contributed by atoms with Crippen molar-refractivity contribution in [2.75, 3.05) is 5.32 Å². The Morgan fingerprint density at radius 2 is 1.73 bits per heavy atom. The molecule has 4 nitrogen and oxygen atoms in total. The van der Waals surface area contributed by atoms with E-state index < -0.39 is 6.09 Å². The van der Waals surface area contributed by atoms with Crippen molar-refractivity contribution in [2.24, 2.45) is 0 Å². The van der Waals surface area contributed by atoms with E-state index in [0.717, 1.165) is 22.3 Å². The molecule has 2 aromatic carbocycles. The predicted octanol–water partition coefficient (Wildman–Crippen LogP) is 4.65. The SMILES string of the molecule is CCC(=O)c1ccc(-c2cc(NC(=O)O)ccc2C)c(C)c1. The van der Waals surface area contributed by atoms with E-state index in [0.29, 0.717) is 17.7 Å². The minimum Gasteiger partial charge on any atom is -0.465 e. The first-order chi connectivity index (χ1) is 10.4. The first-order valence-corrected chi connectivity index (χ1v) is 7.17. The zero-order chi connectivity index (χ0) is 16.3. The van der Waals surface area contributed by atoms with Crippen LogP contribution in [0.1, 0.15) is 34.8 Å². The van der Waals surface area contributed by atoms with Crippen molar-refractivity contribution >= 4 is 17.6 Å². The molecular formula is C18H19NO3. The van der Waals surface area contributed by atoms with Crippen molar-refractivity contribution in [2.45, 2.75) is 27.2 Å². The molecule has 0 fully saturated rings. The van der Waals surface area contributed by atoms with Crippen LogP contribution in [0.3, 0.4) is 0 Å². The lowest BCUT2D eigenvalue weighted by atomic mass is 9.93. The number of Topliss-reactive ketones (excluding diaryl/α,β-unsaturated/α-hetero) is 1. The molecule has 22 heavy (non-hydrogen) atoms. The molecule has 4 heteroatoms. The molecule has 0 atom stereocenters. The summed E-state index contributed by atoms with van der Waals surface area (Å²) in [7, 11) is 0. The van der Waals surface area contributed by atoms with E-state index in [9.17, 15) is 9.59 Å². The molecule has 2 N–H and O–H groups in total. The van der Waals surface area contributed by atoms with E-state index in [2.05, 4.69) is 5.32 Å². The monoisotopic (exact) mass is 297 g/mol. The topological polar surface area (TPSA) is 66.4 Å². The third-order valence-corrected chi connectivity index (χ3v) is 3.65. The molecule has 1 amide bonds. The van der Waals surface area contributed by atoms with Crippen LogP contribution in [0.25, 0.3) is 11.1 Å². The molecule has 0 saturated heterocycles. The molecule has 0 unspecified atom stereocenters. The van der Waals surface area contributed by atoms with Gasteiger partial charge in [0.25, 0.3) is 0 Å². The quantitative estimate of drug-likeness (QED) is 0.807. The molecule has 0 bridgehead atoms. The Hall–Kier alpha value is -2.62. The third-order valence-electron chi connectivity index (χ3n) is 3.65. The van der Waals surface area contributed by atoms with Gasteiger partial charge in [-0.15, -0.1) is 0 Å². The second-order valence-electron chi connectivity index (χ2n) is 5.27. The Labute approximate surface area is 129 Å². The van der Waals surface area contributed by atoms with Crippen molar-refractivity contribution in [1.29, 1.82) is 0 Å². The highest BCUT2D eigenvalue weighted by Gasteiger charge is 2.10. The van der Waals surface area contributed by atoms with Crippen LogP contribution in [0.2, 0.25) is 0 Å². The van der Waals surface area contributed by atoms with Gasteiger partial charge in [-0.3, -0.25) is 10.1 Å². The summed E-state index contributed by atoms with van der Waals surface area (Å²) >= 11 is 0. The van der Waals surface area contributed by atoms with E-state index in [1.54, 1.807) is 6.07 Å². The first-order valence-electron chi connectivity index (χ1n) is 7.17. The standard InChI is InChI=1S/C18H19NO3/c1-4-17(20)13-6-8-15(12(3)9-13)16-10-14(19-18(21)22)7-5-11(16)2/h5-10,19H,4H2,1-3H3,(H,21,22). The van der Waals surface area contributed by atoms with E-state index >= 15 is 0 Å². The highest BCUT2D eigenvalue weighted by atomic mass is 16.4. The lowest BCUT2D eigenvalue weighted by molar-refractivity contribution is 0.0988. The molecule has 0 radical (unpaired) electrons. The van der Waals surface area contributed by atoms with E-state index in [1.165, 1.54) is 0 Å². The number of nitrogens with one attached hydrogen (secondary N) is 1. The van der Waals surface area contributed by atoms with Crippen LogP contribution in [0.5, 0.6) is 0 Å². The number of amides is 1. The van der Waals surface area contributed by atoms with Crippen molar-refractivity contribution in [3.8, 4) is 11.1 Å². The number of benzene rings is 2. The zero-order valence-corrected chi connectivity index (χ0v) is 12.9. The molecule has 0 aliphatic carbocycles. The van der Waals surface area contributed by atoms with Gasteiger partial charge in [0.15, 0.2) is 5.78 Å². The fourth-order valence-corrected chi connectivity index (χ4v) is 2.46. The highest BCUT2D eigenvalue weighted by molar-refractivity contribution is 5.96. The smallest absolute Gasteiger partial charge is 0.409 e. The molecule has 0 aromatic heterocycles. The fraction of sp³-hybridized carbons (Fsp3) is 0.222. The van der Waals surface area contributed by atoms with Gasteiger partial charge in [-0.2, -0.15) is 0 Å². The van der Waals surface area contributed by atoms with Crippen LogP contribution < -0.4 is 5.32 Å². The summed E-state index contributed by atoms with van der Waals surface area (Å²) in [6.07, 6.45) is -0.606. The largest absolute Gasteiger partial charge is 0.465 e. The van der Waals surface area contributed by atoms with Crippen LogP contribution in [0.15, 0.2) is 36.4 Å². The Morgan fingerprint density at radius 1 is 1.00 bits per heavy atom. The zero-order valence-electron chi connectivity index (χ0n) is 12.9. The van der Waals surface area contributed by atoms with Crippen molar-refractivity contribution in [1.82, 2.24) is 0 Å². The van der Waals surface area contributed by atoms with Crippen LogP contribution in [-0.4, -0.2) is 17.0 Å². The van der Waals surface area contributed by atoms with Crippen molar-refractivity contribution < 1.29 is 14.7 Å². The van der Waals surface area contributed by atoms with Gasteiger partial charge in [0.2, 0.25) is 0 Å². The van der Waals surface area contributed by atoms with Crippen LogP contribution in [-0.2, 0) is 0 Å². The minimum atomic E-state index is -1.09. The molecule has 0 aliphatic heterocycles. The molecule has 2 aromatic rings. The fourth-order valence-electron chi connectivity index (χ4n) is 2.46. The van der Waals surface area contributed by atoms with Crippen LogP contribution in [0.4, 0.5) is 10.5 Å². The molecule has 0 spiro atoms. The number of rotatable bonds is 4. The van der Waals surface area contributed by atoms with Crippen LogP contribution >= 0.6 is 0 Å². The number of ketones is 1. The minimum absolute atomic E-state index is 0.118. The van der Waals surface area contributed by atoms with Gasteiger partial charge >= 0.3 is 6.09 Å². The Bertz CT molecular complexity index is 735. The summed E-state index contributed by atoms with van der Waals surface area (Å²) in [4.78, 5) is 22.6. The van der Waals surface area contributed by atoms with E-state index in [1.807, 2.05) is 51.1 Å². The van der Waals surface area contributed by atoms with Crippen molar-refractivity contribution in [3.05, 3.63) is 53.1 Å². The van der Waals surface area contributed by atoms with Gasteiger partial charge < -0.3 is 5.11 Å². The normalized spacial score (nSPS) is 10.3. The summed E-state index contributed by atoms with van der Waals surface area (Å²) < 4.78 is 0. The Balaban J connectivity index is 2.47. The summed E-state index contributed by atoms with van der Waals surface area (Å²) in [5.41, 5.74) is 5.24. The molecule has 2 rings (SSSR count). The number of carbonyl (C=O) groups is 2. The number of hydrogen-bond donors (Lipinski definition) is 2. The summed E-state index contributed by atoms with van der Waals surface area (Å²) in [5.74, 6) is 0.118. The predicted molar refractivity (Wildman–Crippen MR) is 87.6 cm³/mol. The number of carboxylic acid groups (broad SMARTS) is 1. The van der Waals surface area contributed by atoms with Gasteiger partial charge in [-0.1, -0.05) is 25.1 Å². The highest BCUT2D eigenvalue weighted by Crippen LogP contribution is 2.30. The van der Waals surface area contributed by atoms with E-state index in [-0.39, 0.29) is 5.78 Å². The average Bonchev–Trinajstić information content (AvgIpc) is 2.48. The number of aryl methyl sites for hydroxylation is 2. The molecule has 114 valence electrons. The van der Waals surface area contributed by atoms with Gasteiger partial charge in [0.05, 0.1) is 0 Å². The third kappa shape index (κ3) is 3.34. The van der Waals surface area contributed by atoms with E-state index in [4.69, 9.17) is 5.11 Å². The molecule has 0 aliphatic rings. The second kappa shape index (κ2) is 6.43.